The van der Waals surface area contributed by atoms with Gasteiger partial charge in [-0.1, -0.05) is 19.6 Å². The lowest BCUT2D eigenvalue weighted by molar-refractivity contribution is -0.0616. The maximum absolute atomic E-state index is 12.7. The van der Waals surface area contributed by atoms with Gasteiger partial charge in [0.15, 0.2) is 0 Å². The molecule has 0 aliphatic carbocycles. The van der Waals surface area contributed by atoms with Crippen molar-refractivity contribution >= 4 is 37.2 Å². The van der Waals surface area contributed by atoms with Gasteiger partial charge in [-0.15, -0.1) is 22.2 Å². The number of hydrogen-bond acceptors (Lipinski definition) is 2. The van der Waals surface area contributed by atoms with Crippen LogP contribution in [0, 0.1) is 0 Å². The van der Waals surface area contributed by atoms with Crippen LogP contribution in [-0.2, 0) is 0 Å². The van der Waals surface area contributed by atoms with Gasteiger partial charge in [0.05, 0.1) is 0 Å². The molecule has 0 saturated carbocycles. The van der Waals surface area contributed by atoms with E-state index >= 15 is 0 Å². The minimum absolute atomic E-state index is 1.14. The minimum Gasteiger partial charge on any atom is -0.259 e. The normalized spacial score (nSPS) is 15.2. The highest BCUT2D eigenvalue weighted by Gasteiger charge is 2.64. The Morgan fingerprint density at radius 1 is 1.00 bits per heavy atom. The van der Waals surface area contributed by atoms with Crippen LogP contribution in [0.25, 0.3) is 0 Å². The predicted octanol–water partition coefficient (Wildman–Crippen LogP) is 3.12. The third kappa shape index (κ3) is 3.60. The summed E-state index contributed by atoms with van der Waals surface area (Å²) in [7, 11) is 0.791. The van der Waals surface area contributed by atoms with Crippen LogP contribution in [0.15, 0.2) is 0 Å². The summed E-state index contributed by atoms with van der Waals surface area (Å²) in [6, 6.07) is 0. The molecule has 0 fully saturated rings. The first-order chi connectivity index (χ1) is 6.32. The number of hydrogen-bond donors (Lipinski definition) is 0. The van der Waals surface area contributed by atoms with Crippen LogP contribution in [-0.4, -0.2) is 44.3 Å². The molecule has 0 atom stereocenters. The van der Waals surface area contributed by atoms with Crippen molar-refractivity contribution in [3.63, 3.8) is 0 Å². The highest BCUT2D eigenvalue weighted by atomic mass is 35.7. The largest absolute Gasteiger partial charge is 0.450 e. The standard InChI is InChI=1S/C6H15Cl2F3N2Si2/c1-12(2)13(14(3,4)5)15(7,8)6(9,10)11/h1-5H3. The second kappa shape index (κ2) is 4.54. The summed E-state index contributed by atoms with van der Waals surface area (Å²) >= 11 is 11.1. The molecular formula is C6H15Cl2F3N2Si2. The number of halogens is 5. The lowest BCUT2D eigenvalue weighted by Crippen LogP contribution is -2.69. The minimum atomic E-state index is -4.55. The summed E-state index contributed by atoms with van der Waals surface area (Å²) in [5.41, 5.74) is 0. The lowest BCUT2D eigenvalue weighted by atomic mass is 11.2. The van der Waals surface area contributed by atoms with E-state index in [0.29, 0.717) is 0 Å². The van der Waals surface area contributed by atoms with E-state index in [1.54, 1.807) is 19.6 Å². The van der Waals surface area contributed by atoms with Crippen LogP contribution in [0.2, 0.25) is 19.6 Å². The molecule has 0 aromatic heterocycles. The molecule has 0 saturated heterocycles. The van der Waals surface area contributed by atoms with Crippen molar-refractivity contribution in [1.82, 2.24) is 9.35 Å². The van der Waals surface area contributed by atoms with Crippen LogP contribution in [0.5, 0.6) is 0 Å². The summed E-state index contributed by atoms with van der Waals surface area (Å²) in [6.45, 7) is 0.840. The number of nitrogens with zero attached hydrogens (tertiary/aromatic N) is 2. The Kier molecular flexibility index (Phi) is 4.76. The van der Waals surface area contributed by atoms with Gasteiger partial charge in [-0.2, -0.15) is 13.2 Å². The van der Waals surface area contributed by atoms with E-state index < -0.39 is 20.9 Å². The average Bonchev–Trinajstić information content (AvgIpc) is 1.76. The van der Waals surface area contributed by atoms with E-state index in [9.17, 15) is 13.2 Å². The summed E-state index contributed by atoms with van der Waals surface area (Å²) in [5.74, 6) is -4.55. The van der Waals surface area contributed by atoms with Gasteiger partial charge in [0.2, 0.25) is 0 Å². The van der Waals surface area contributed by atoms with Crippen molar-refractivity contribution in [2.75, 3.05) is 14.1 Å². The van der Waals surface area contributed by atoms with Gasteiger partial charge < -0.3 is 0 Å². The number of alkyl halides is 3. The average molecular weight is 299 g/mol. The van der Waals surface area contributed by atoms with E-state index in [-0.39, 0.29) is 0 Å². The molecule has 0 unspecified atom stereocenters. The Bertz CT molecular complexity index is 227. The van der Waals surface area contributed by atoms with E-state index in [4.69, 9.17) is 22.2 Å². The number of rotatable bonds is 3. The van der Waals surface area contributed by atoms with Gasteiger partial charge in [-0.3, -0.25) is 9.35 Å². The quantitative estimate of drug-likeness (QED) is 0.449. The molecule has 0 radical (unpaired) electrons. The molecule has 0 amide bonds. The van der Waals surface area contributed by atoms with Gasteiger partial charge in [-0.05, 0) is 0 Å². The molecule has 92 valence electrons. The smallest absolute Gasteiger partial charge is 0.259 e. The first-order valence-corrected chi connectivity index (χ1v) is 11.7. The third-order valence-electron chi connectivity index (χ3n) is 1.64. The van der Waals surface area contributed by atoms with Crippen molar-refractivity contribution in [3.8, 4) is 0 Å². The summed E-state index contributed by atoms with van der Waals surface area (Å²) in [6.07, 6.45) is 0. The topological polar surface area (TPSA) is 6.48 Å². The molecule has 0 aliphatic rings. The number of hydrazine groups is 1. The van der Waals surface area contributed by atoms with Crippen LogP contribution >= 0.6 is 22.2 Å². The van der Waals surface area contributed by atoms with Gasteiger partial charge in [0.25, 0.3) is 0 Å². The van der Waals surface area contributed by atoms with E-state index in [1.165, 1.54) is 19.1 Å². The van der Waals surface area contributed by atoms with Crippen molar-refractivity contribution in [1.29, 1.82) is 0 Å². The first-order valence-electron chi connectivity index (χ1n) is 4.24. The van der Waals surface area contributed by atoms with Crippen LogP contribution in [0.4, 0.5) is 13.2 Å². The fourth-order valence-electron chi connectivity index (χ4n) is 1.39. The Balaban J connectivity index is 5.28. The zero-order valence-electron chi connectivity index (χ0n) is 9.28. The molecular weight excluding hydrogens is 284 g/mol. The van der Waals surface area contributed by atoms with Crippen molar-refractivity contribution in [2.45, 2.75) is 25.4 Å². The third-order valence-corrected chi connectivity index (χ3v) is 11.0. The molecule has 2 nitrogen and oxygen atoms in total. The molecule has 0 bridgehead atoms. The van der Waals surface area contributed by atoms with Crippen molar-refractivity contribution < 1.29 is 13.2 Å². The molecule has 0 aromatic rings. The van der Waals surface area contributed by atoms with Gasteiger partial charge in [0, 0.05) is 14.1 Å². The fourth-order valence-corrected chi connectivity index (χ4v) is 12.6. The van der Waals surface area contributed by atoms with E-state index in [1.807, 2.05) is 0 Å². The molecule has 15 heavy (non-hydrogen) atoms. The van der Waals surface area contributed by atoms with Crippen LogP contribution < -0.4 is 0 Å². The van der Waals surface area contributed by atoms with Crippen molar-refractivity contribution in [2.24, 2.45) is 0 Å². The van der Waals surface area contributed by atoms with Gasteiger partial charge in [-0.25, -0.2) is 0 Å². The predicted molar refractivity (Wildman–Crippen MR) is 62.4 cm³/mol. The molecule has 9 heteroatoms. The maximum atomic E-state index is 12.7. The molecule has 0 aliphatic heterocycles. The highest BCUT2D eigenvalue weighted by molar-refractivity contribution is 7.46. The van der Waals surface area contributed by atoms with Crippen LogP contribution in [0.1, 0.15) is 0 Å². The second-order valence-electron chi connectivity index (χ2n) is 4.37. The SMILES string of the molecule is CN(C)N([Si](C)(C)C)[Si](Cl)(Cl)C(F)(F)F. The second-order valence-corrected chi connectivity index (χ2v) is 15.5. The molecule has 0 aromatic carbocycles. The first kappa shape index (κ1) is 15.7. The summed E-state index contributed by atoms with van der Waals surface area (Å²) in [5, 5.41) is 1.35. The summed E-state index contributed by atoms with van der Waals surface area (Å²) in [4.78, 5) is 0. The monoisotopic (exact) mass is 298 g/mol. The Morgan fingerprint density at radius 2 is 1.33 bits per heavy atom. The Labute approximate surface area is 99.5 Å². The zero-order chi connectivity index (χ0) is 12.7. The van der Waals surface area contributed by atoms with E-state index in [2.05, 4.69) is 0 Å². The molecule has 0 rings (SSSR count). The van der Waals surface area contributed by atoms with Crippen LogP contribution in [0.3, 0.4) is 0 Å². The van der Waals surface area contributed by atoms with Crippen molar-refractivity contribution in [3.05, 3.63) is 0 Å². The Morgan fingerprint density at radius 3 is 1.40 bits per heavy atom. The molecule has 0 N–H and O–H groups in total. The van der Waals surface area contributed by atoms with Gasteiger partial charge in [0.1, 0.15) is 8.24 Å². The Hall–Kier alpha value is 0.724. The van der Waals surface area contributed by atoms with Gasteiger partial charge >= 0.3 is 12.7 Å². The highest BCUT2D eigenvalue weighted by Crippen LogP contribution is 2.40. The fraction of sp³-hybridized carbons (Fsp3) is 1.00. The lowest BCUT2D eigenvalue weighted by Gasteiger charge is -2.45. The van der Waals surface area contributed by atoms with E-state index in [0.717, 1.165) is 4.34 Å². The maximum Gasteiger partial charge on any atom is 0.450 e. The molecule has 0 heterocycles. The zero-order valence-corrected chi connectivity index (χ0v) is 12.8. The molecule has 0 spiro atoms. The summed E-state index contributed by atoms with van der Waals surface area (Å²) < 4.78 is 39.3.